The standard InChI is InChI=1S/C29H20Cl2N2O2/c30-22-10-6-19(7-11-22)18-35-24-14-15-25(27(34)16-24)28-26(20-8-12-23(31)13-9-20)17-32-29(33-28)21-4-2-1-3-5-21/h1-17,34H,18H2. The summed E-state index contributed by atoms with van der Waals surface area (Å²) in [6, 6.07) is 29.9. The minimum absolute atomic E-state index is 0.0616. The van der Waals surface area contributed by atoms with Gasteiger partial charge in [-0.05, 0) is 47.5 Å². The van der Waals surface area contributed by atoms with Crippen LogP contribution in [0.3, 0.4) is 0 Å². The van der Waals surface area contributed by atoms with Crippen molar-refractivity contribution in [2.75, 3.05) is 0 Å². The molecule has 0 radical (unpaired) electrons. The molecule has 0 spiro atoms. The minimum Gasteiger partial charge on any atom is -0.507 e. The molecule has 0 fully saturated rings. The Balaban J connectivity index is 1.52. The summed E-state index contributed by atoms with van der Waals surface area (Å²) >= 11 is 12.0. The Kier molecular flexibility index (Phi) is 6.66. The highest BCUT2D eigenvalue weighted by Crippen LogP contribution is 2.38. The van der Waals surface area contributed by atoms with Crippen molar-refractivity contribution in [1.82, 2.24) is 9.97 Å². The largest absolute Gasteiger partial charge is 0.507 e. The zero-order valence-corrected chi connectivity index (χ0v) is 20.0. The molecule has 1 N–H and O–H groups in total. The van der Waals surface area contributed by atoms with E-state index in [0.717, 1.165) is 22.3 Å². The van der Waals surface area contributed by atoms with Crippen LogP contribution in [0, 0.1) is 0 Å². The monoisotopic (exact) mass is 498 g/mol. The number of hydrogen-bond donors (Lipinski definition) is 1. The van der Waals surface area contributed by atoms with Crippen molar-refractivity contribution in [2.24, 2.45) is 0 Å². The van der Waals surface area contributed by atoms with E-state index in [1.807, 2.05) is 91.0 Å². The number of hydrogen-bond acceptors (Lipinski definition) is 4. The molecule has 35 heavy (non-hydrogen) atoms. The first-order chi connectivity index (χ1) is 17.1. The first-order valence-corrected chi connectivity index (χ1v) is 11.7. The highest BCUT2D eigenvalue weighted by molar-refractivity contribution is 6.30. The van der Waals surface area contributed by atoms with Gasteiger partial charge in [-0.15, -0.1) is 0 Å². The Morgan fingerprint density at radius 2 is 1.40 bits per heavy atom. The Bertz CT molecular complexity index is 1460. The van der Waals surface area contributed by atoms with Gasteiger partial charge in [0.2, 0.25) is 0 Å². The molecule has 0 aliphatic heterocycles. The third-order valence-corrected chi connectivity index (χ3v) is 6.02. The Labute approximate surface area is 213 Å². The van der Waals surface area contributed by atoms with Crippen LogP contribution >= 0.6 is 23.2 Å². The lowest BCUT2D eigenvalue weighted by atomic mass is 9.99. The van der Waals surface area contributed by atoms with Gasteiger partial charge in [0.05, 0.1) is 5.69 Å². The fourth-order valence-electron chi connectivity index (χ4n) is 3.70. The zero-order chi connectivity index (χ0) is 24.2. The Morgan fingerprint density at radius 1 is 0.714 bits per heavy atom. The third-order valence-electron chi connectivity index (χ3n) is 5.52. The summed E-state index contributed by atoms with van der Waals surface area (Å²) in [6.45, 7) is 0.359. The lowest BCUT2D eigenvalue weighted by Crippen LogP contribution is -1.98. The van der Waals surface area contributed by atoms with E-state index in [0.29, 0.717) is 39.5 Å². The molecular weight excluding hydrogens is 479 g/mol. The number of benzene rings is 4. The predicted octanol–water partition coefficient (Wildman–Crippen LogP) is 8.07. The van der Waals surface area contributed by atoms with Gasteiger partial charge in [-0.25, -0.2) is 9.97 Å². The number of nitrogens with zero attached hydrogens (tertiary/aromatic N) is 2. The lowest BCUT2D eigenvalue weighted by molar-refractivity contribution is 0.304. The van der Waals surface area contributed by atoms with Crippen LogP contribution in [-0.4, -0.2) is 15.1 Å². The van der Waals surface area contributed by atoms with E-state index in [2.05, 4.69) is 4.98 Å². The van der Waals surface area contributed by atoms with Gasteiger partial charge in [-0.1, -0.05) is 77.8 Å². The summed E-state index contributed by atoms with van der Waals surface area (Å²) in [7, 11) is 0. The summed E-state index contributed by atoms with van der Waals surface area (Å²) in [4.78, 5) is 9.44. The normalized spacial score (nSPS) is 10.8. The first kappa shape index (κ1) is 22.9. The van der Waals surface area contributed by atoms with Crippen molar-refractivity contribution in [3.63, 3.8) is 0 Å². The summed E-state index contributed by atoms with van der Waals surface area (Å²) < 4.78 is 5.87. The van der Waals surface area contributed by atoms with Crippen molar-refractivity contribution in [2.45, 2.75) is 6.61 Å². The fourth-order valence-corrected chi connectivity index (χ4v) is 3.95. The molecule has 4 aromatic carbocycles. The summed E-state index contributed by atoms with van der Waals surface area (Å²) in [5, 5.41) is 12.3. The van der Waals surface area contributed by atoms with Crippen LogP contribution in [0.15, 0.2) is 103 Å². The molecule has 0 aliphatic rings. The lowest BCUT2D eigenvalue weighted by Gasteiger charge is -2.14. The van der Waals surface area contributed by atoms with Crippen LogP contribution in [0.5, 0.6) is 11.5 Å². The summed E-state index contributed by atoms with van der Waals surface area (Å²) in [5.41, 5.74) is 4.74. The predicted molar refractivity (Wildman–Crippen MR) is 141 cm³/mol. The van der Waals surface area contributed by atoms with Crippen molar-refractivity contribution in [3.8, 4) is 45.3 Å². The smallest absolute Gasteiger partial charge is 0.159 e. The van der Waals surface area contributed by atoms with Gasteiger partial charge >= 0.3 is 0 Å². The second-order valence-corrected chi connectivity index (χ2v) is 8.80. The van der Waals surface area contributed by atoms with Crippen molar-refractivity contribution >= 4 is 23.2 Å². The Morgan fingerprint density at radius 3 is 2.09 bits per heavy atom. The molecule has 0 unspecified atom stereocenters. The van der Waals surface area contributed by atoms with Gasteiger partial charge in [0.1, 0.15) is 18.1 Å². The fraction of sp³-hybridized carbons (Fsp3) is 0.0345. The van der Waals surface area contributed by atoms with Crippen molar-refractivity contribution in [1.29, 1.82) is 0 Å². The summed E-state index contributed by atoms with van der Waals surface area (Å²) in [5.74, 6) is 1.18. The van der Waals surface area contributed by atoms with Gasteiger partial charge in [0.15, 0.2) is 5.82 Å². The van der Waals surface area contributed by atoms with Crippen molar-refractivity contribution < 1.29 is 9.84 Å². The van der Waals surface area contributed by atoms with Gasteiger partial charge < -0.3 is 9.84 Å². The Hall–Kier alpha value is -3.86. The maximum absolute atomic E-state index is 11.0. The molecule has 5 aromatic rings. The number of aromatic nitrogens is 2. The van der Waals surface area contributed by atoms with Crippen LogP contribution < -0.4 is 4.74 Å². The molecular formula is C29H20Cl2N2O2. The number of phenolic OH excluding ortho intramolecular Hbond substituents is 1. The molecule has 172 valence electrons. The van der Waals surface area contributed by atoms with Crippen LogP contribution in [0.2, 0.25) is 10.0 Å². The third kappa shape index (κ3) is 5.29. The molecule has 0 bridgehead atoms. The topological polar surface area (TPSA) is 55.2 Å². The van der Waals surface area contributed by atoms with Gasteiger partial charge in [0, 0.05) is 39.0 Å². The molecule has 0 atom stereocenters. The molecule has 0 saturated carbocycles. The van der Waals surface area contributed by atoms with Crippen LogP contribution in [-0.2, 0) is 6.61 Å². The van der Waals surface area contributed by atoms with E-state index in [4.69, 9.17) is 32.9 Å². The quantitative estimate of drug-likeness (QED) is 0.257. The van der Waals surface area contributed by atoms with E-state index in [1.165, 1.54) is 0 Å². The van der Waals surface area contributed by atoms with Gasteiger partial charge in [0.25, 0.3) is 0 Å². The number of rotatable bonds is 6. The summed E-state index contributed by atoms with van der Waals surface area (Å²) in [6.07, 6.45) is 1.78. The van der Waals surface area contributed by atoms with Crippen LogP contribution in [0.1, 0.15) is 5.56 Å². The second-order valence-electron chi connectivity index (χ2n) is 7.92. The van der Waals surface area contributed by atoms with E-state index in [-0.39, 0.29) is 5.75 Å². The van der Waals surface area contributed by atoms with Gasteiger partial charge in [-0.3, -0.25) is 0 Å². The average molecular weight is 499 g/mol. The molecule has 5 rings (SSSR count). The van der Waals surface area contributed by atoms with E-state index >= 15 is 0 Å². The number of ether oxygens (including phenoxy) is 1. The number of aromatic hydroxyl groups is 1. The average Bonchev–Trinajstić information content (AvgIpc) is 2.89. The van der Waals surface area contributed by atoms with Crippen molar-refractivity contribution in [3.05, 3.63) is 119 Å². The molecule has 1 heterocycles. The second kappa shape index (κ2) is 10.2. The number of halogens is 2. The molecule has 0 saturated heterocycles. The highest BCUT2D eigenvalue weighted by atomic mass is 35.5. The SMILES string of the molecule is Oc1cc(OCc2ccc(Cl)cc2)ccc1-c1nc(-c2ccccc2)ncc1-c1ccc(Cl)cc1. The van der Waals surface area contributed by atoms with E-state index in [1.54, 1.807) is 12.3 Å². The van der Waals surface area contributed by atoms with Crippen LogP contribution in [0.25, 0.3) is 33.8 Å². The molecule has 6 heteroatoms. The number of phenols is 1. The van der Waals surface area contributed by atoms with E-state index in [9.17, 15) is 5.11 Å². The minimum atomic E-state index is 0.0616. The molecule has 0 aliphatic carbocycles. The highest BCUT2D eigenvalue weighted by Gasteiger charge is 2.16. The molecule has 4 nitrogen and oxygen atoms in total. The first-order valence-electron chi connectivity index (χ1n) is 11.0. The maximum atomic E-state index is 11.0. The van der Waals surface area contributed by atoms with Crippen LogP contribution in [0.4, 0.5) is 0 Å². The zero-order valence-electron chi connectivity index (χ0n) is 18.5. The molecule has 0 amide bonds. The van der Waals surface area contributed by atoms with Gasteiger partial charge in [-0.2, -0.15) is 0 Å². The molecule has 1 aromatic heterocycles. The maximum Gasteiger partial charge on any atom is 0.159 e. The van der Waals surface area contributed by atoms with E-state index < -0.39 is 0 Å².